The highest BCUT2D eigenvalue weighted by molar-refractivity contribution is 7.88. The minimum atomic E-state index is -3.14. The molecular weight excluding hydrogens is 276 g/mol. The molecule has 6 nitrogen and oxygen atoms in total. The van der Waals surface area contributed by atoms with Crippen molar-refractivity contribution < 1.29 is 8.42 Å². The van der Waals surface area contributed by atoms with Crippen LogP contribution in [0.5, 0.6) is 0 Å². The predicted molar refractivity (Wildman–Crippen MR) is 81.5 cm³/mol. The highest BCUT2D eigenvalue weighted by Gasteiger charge is 2.17. The van der Waals surface area contributed by atoms with E-state index in [9.17, 15) is 8.42 Å². The summed E-state index contributed by atoms with van der Waals surface area (Å²) in [5, 5.41) is 0. The number of sulfonamides is 1. The smallest absolute Gasteiger partial charge is 0.211 e. The summed E-state index contributed by atoms with van der Waals surface area (Å²) in [7, 11) is 0.329. The second kappa shape index (κ2) is 6.05. The van der Waals surface area contributed by atoms with Gasteiger partial charge in [-0.2, -0.15) is 0 Å². The maximum atomic E-state index is 11.3. The van der Waals surface area contributed by atoms with Gasteiger partial charge in [-0.1, -0.05) is 20.8 Å². The number of hydrogen-bond donors (Lipinski definition) is 0. The van der Waals surface area contributed by atoms with Gasteiger partial charge in [0.2, 0.25) is 10.0 Å². The molecule has 1 rings (SSSR count). The standard InChI is InChI=1S/C13H24N4O2S/c1-13(2,3)11-9-12(15-10-14-11)16(4)7-8-17(5)20(6,18)19/h9-10H,7-8H2,1-6H3. The van der Waals surface area contributed by atoms with E-state index in [1.807, 2.05) is 18.0 Å². The van der Waals surface area contributed by atoms with Crippen LogP contribution in [0.15, 0.2) is 12.4 Å². The average molecular weight is 300 g/mol. The molecule has 20 heavy (non-hydrogen) atoms. The van der Waals surface area contributed by atoms with E-state index >= 15 is 0 Å². The summed E-state index contributed by atoms with van der Waals surface area (Å²) in [5.41, 5.74) is 0.924. The first-order valence-electron chi connectivity index (χ1n) is 6.47. The quantitative estimate of drug-likeness (QED) is 0.814. The third kappa shape index (κ3) is 4.72. The molecule has 0 amide bonds. The summed E-state index contributed by atoms with van der Waals surface area (Å²) < 4.78 is 24.0. The fourth-order valence-corrected chi connectivity index (χ4v) is 1.95. The Kier molecular flexibility index (Phi) is 5.10. The monoisotopic (exact) mass is 300 g/mol. The van der Waals surface area contributed by atoms with Crippen LogP contribution in [-0.4, -0.2) is 56.1 Å². The zero-order chi connectivity index (χ0) is 15.6. The van der Waals surface area contributed by atoms with Gasteiger partial charge in [0.05, 0.1) is 11.9 Å². The van der Waals surface area contributed by atoms with Crippen molar-refractivity contribution in [1.82, 2.24) is 14.3 Å². The minimum Gasteiger partial charge on any atom is -0.358 e. The molecule has 0 bridgehead atoms. The zero-order valence-electron chi connectivity index (χ0n) is 13.1. The molecule has 0 saturated heterocycles. The molecule has 0 unspecified atom stereocenters. The molecule has 0 aromatic carbocycles. The van der Waals surface area contributed by atoms with Crippen LogP contribution >= 0.6 is 0 Å². The summed E-state index contributed by atoms with van der Waals surface area (Å²) in [6, 6.07) is 1.94. The fourth-order valence-electron chi connectivity index (χ4n) is 1.54. The lowest BCUT2D eigenvalue weighted by Gasteiger charge is -2.23. The van der Waals surface area contributed by atoms with Gasteiger partial charge in [0.1, 0.15) is 12.1 Å². The highest BCUT2D eigenvalue weighted by Crippen LogP contribution is 2.22. The molecule has 0 aliphatic carbocycles. The Morgan fingerprint density at radius 2 is 1.75 bits per heavy atom. The zero-order valence-corrected chi connectivity index (χ0v) is 13.9. The van der Waals surface area contributed by atoms with Gasteiger partial charge in [-0.15, -0.1) is 0 Å². The van der Waals surface area contributed by atoms with E-state index in [4.69, 9.17) is 0 Å². The van der Waals surface area contributed by atoms with Crippen molar-refractivity contribution in [2.24, 2.45) is 0 Å². The fraction of sp³-hybridized carbons (Fsp3) is 0.692. The molecule has 114 valence electrons. The van der Waals surface area contributed by atoms with E-state index in [0.717, 1.165) is 11.5 Å². The average Bonchev–Trinajstić information content (AvgIpc) is 2.33. The van der Waals surface area contributed by atoms with Gasteiger partial charge >= 0.3 is 0 Å². The summed E-state index contributed by atoms with van der Waals surface area (Å²) in [4.78, 5) is 10.5. The third-order valence-corrected chi connectivity index (χ3v) is 4.44. The topological polar surface area (TPSA) is 66.4 Å². The Morgan fingerprint density at radius 1 is 1.15 bits per heavy atom. The van der Waals surface area contributed by atoms with Crippen molar-refractivity contribution in [3.05, 3.63) is 18.1 Å². The number of nitrogens with zero attached hydrogens (tertiary/aromatic N) is 4. The van der Waals surface area contributed by atoms with Gasteiger partial charge in [0, 0.05) is 38.7 Å². The lowest BCUT2D eigenvalue weighted by Crippen LogP contribution is -2.34. The van der Waals surface area contributed by atoms with Crippen LogP contribution in [0, 0.1) is 0 Å². The molecular formula is C13H24N4O2S. The third-order valence-electron chi connectivity index (χ3n) is 3.13. The molecule has 0 aliphatic rings. The van der Waals surface area contributed by atoms with Crippen LogP contribution < -0.4 is 4.90 Å². The molecule has 0 saturated carbocycles. The van der Waals surface area contributed by atoms with Crippen molar-refractivity contribution in [1.29, 1.82) is 0 Å². The summed E-state index contributed by atoms with van der Waals surface area (Å²) in [6.45, 7) is 7.28. The lowest BCUT2D eigenvalue weighted by atomic mass is 9.92. The van der Waals surface area contributed by atoms with Crippen LogP contribution in [0.3, 0.4) is 0 Å². The second-order valence-electron chi connectivity index (χ2n) is 6.02. The van der Waals surface area contributed by atoms with Crippen LogP contribution in [0.25, 0.3) is 0 Å². The first-order chi connectivity index (χ1) is 9.01. The van der Waals surface area contributed by atoms with Crippen molar-refractivity contribution in [2.75, 3.05) is 38.3 Å². The molecule has 0 atom stereocenters. The lowest BCUT2D eigenvalue weighted by molar-refractivity contribution is 0.478. The Labute approximate surface area is 121 Å². The van der Waals surface area contributed by atoms with E-state index in [0.29, 0.717) is 13.1 Å². The molecule has 0 fully saturated rings. The van der Waals surface area contributed by atoms with Crippen molar-refractivity contribution >= 4 is 15.8 Å². The Bertz CT molecular complexity index is 552. The van der Waals surface area contributed by atoms with Crippen molar-refractivity contribution in [3.8, 4) is 0 Å². The summed E-state index contributed by atoms with van der Waals surface area (Å²) in [5.74, 6) is 0.798. The molecule has 1 heterocycles. The number of likely N-dealkylation sites (N-methyl/N-ethyl adjacent to an activating group) is 2. The number of rotatable bonds is 5. The maximum Gasteiger partial charge on any atom is 0.211 e. The minimum absolute atomic E-state index is 0.0396. The SMILES string of the molecule is CN(CCN(C)S(C)(=O)=O)c1cc(C(C)(C)C)ncn1. The predicted octanol–water partition coefficient (Wildman–Crippen LogP) is 1.10. The van der Waals surface area contributed by atoms with Crippen LogP contribution in [0.1, 0.15) is 26.5 Å². The van der Waals surface area contributed by atoms with E-state index in [1.54, 1.807) is 13.4 Å². The summed E-state index contributed by atoms with van der Waals surface area (Å²) >= 11 is 0. The molecule has 1 aromatic heterocycles. The molecule has 7 heteroatoms. The largest absolute Gasteiger partial charge is 0.358 e. The van der Waals surface area contributed by atoms with E-state index in [1.165, 1.54) is 10.6 Å². The molecule has 0 N–H and O–H groups in total. The first-order valence-corrected chi connectivity index (χ1v) is 8.31. The van der Waals surface area contributed by atoms with Gasteiger partial charge in [-0.3, -0.25) is 0 Å². The van der Waals surface area contributed by atoms with E-state index in [-0.39, 0.29) is 5.41 Å². The molecule has 0 radical (unpaired) electrons. The molecule has 1 aromatic rings. The van der Waals surface area contributed by atoms with E-state index < -0.39 is 10.0 Å². The van der Waals surface area contributed by atoms with Gasteiger partial charge < -0.3 is 4.90 Å². The number of anilines is 1. The number of hydrogen-bond acceptors (Lipinski definition) is 5. The van der Waals surface area contributed by atoms with Crippen LogP contribution in [0.2, 0.25) is 0 Å². The van der Waals surface area contributed by atoms with Crippen LogP contribution in [0.4, 0.5) is 5.82 Å². The van der Waals surface area contributed by atoms with Gasteiger partial charge in [-0.05, 0) is 0 Å². The van der Waals surface area contributed by atoms with Gasteiger partial charge in [0.25, 0.3) is 0 Å². The van der Waals surface area contributed by atoms with Crippen molar-refractivity contribution in [2.45, 2.75) is 26.2 Å². The van der Waals surface area contributed by atoms with Crippen molar-refractivity contribution in [3.63, 3.8) is 0 Å². The molecule has 0 aliphatic heterocycles. The summed E-state index contributed by atoms with van der Waals surface area (Å²) in [6.07, 6.45) is 2.75. The normalized spacial score (nSPS) is 12.8. The highest BCUT2D eigenvalue weighted by atomic mass is 32.2. The van der Waals surface area contributed by atoms with E-state index in [2.05, 4.69) is 30.7 Å². The van der Waals surface area contributed by atoms with Gasteiger partial charge in [-0.25, -0.2) is 22.7 Å². The maximum absolute atomic E-state index is 11.3. The first kappa shape index (κ1) is 16.8. The Balaban J connectivity index is 2.76. The number of aromatic nitrogens is 2. The molecule has 0 spiro atoms. The van der Waals surface area contributed by atoms with Gasteiger partial charge in [0.15, 0.2) is 0 Å². The Hall–Kier alpha value is -1.21. The Morgan fingerprint density at radius 3 is 2.25 bits per heavy atom. The van der Waals surface area contributed by atoms with Crippen LogP contribution in [-0.2, 0) is 15.4 Å². The second-order valence-corrected chi connectivity index (χ2v) is 8.11.